The van der Waals surface area contributed by atoms with Gasteiger partial charge in [0.1, 0.15) is 0 Å². The summed E-state index contributed by atoms with van der Waals surface area (Å²) in [6.07, 6.45) is 0.763. The Morgan fingerprint density at radius 1 is 1.48 bits per heavy atom. The van der Waals surface area contributed by atoms with Gasteiger partial charge in [-0.15, -0.1) is 0 Å². The third-order valence-corrected chi connectivity index (χ3v) is 6.55. The number of halogens is 1. The topological polar surface area (TPSA) is 81.4 Å². The van der Waals surface area contributed by atoms with Crippen LogP contribution in [0.2, 0.25) is 0 Å². The van der Waals surface area contributed by atoms with Crippen molar-refractivity contribution >= 4 is 31.6 Å². The highest BCUT2D eigenvalue weighted by Crippen LogP contribution is 2.43. The second kappa shape index (κ2) is 5.87. The number of ether oxygens (including phenoxy) is 1. The molecule has 0 saturated heterocycles. The predicted octanol–water partition coefficient (Wildman–Crippen LogP) is 2.51. The van der Waals surface area contributed by atoms with Gasteiger partial charge in [-0.3, -0.25) is 0 Å². The summed E-state index contributed by atoms with van der Waals surface area (Å²) < 4.78 is 33.9. The molecule has 1 aromatic carbocycles. The summed E-state index contributed by atoms with van der Waals surface area (Å²) in [6, 6.07) is 4.60. The normalized spacial score (nSPS) is 24.6. The molecule has 2 atom stereocenters. The third-order valence-electron chi connectivity index (χ3n) is 4.09. The van der Waals surface area contributed by atoms with E-state index in [-0.39, 0.29) is 22.5 Å². The van der Waals surface area contributed by atoms with E-state index >= 15 is 0 Å². The number of nitrogen functional groups attached to an aromatic ring is 1. The Kier molecular flexibility index (Phi) is 4.68. The summed E-state index contributed by atoms with van der Waals surface area (Å²) in [5.74, 6) is 0. The summed E-state index contributed by atoms with van der Waals surface area (Å²) >= 11 is 3.26. The van der Waals surface area contributed by atoms with Crippen LogP contribution in [0.5, 0.6) is 0 Å². The van der Waals surface area contributed by atoms with Crippen LogP contribution in [-0.4, -0.2) is 27.2 Å². The maximum absolute atomic E-state index is 12.5. The molecule has 0 heterocycles. The number of benzene rings is 1. The fourth-order valence-electron chi connectivity index (χ4n) is 2.55. The average Bonchev–Trinajstić information content (AvgIpc) is 2.40. The van der Waals surface area contributed by atoms with E-state index in [9.17, 15) is 8.42 Å². The van der Waals surface area contributed by atoms with Gasteiger partial charge in [-0.2, -0.15) is 0 Å². The van der Waals surface area contributed by atoms with Gasteiger partial charge in [0, 0.05) is 28.2 Å². The van der Waals surface area contributed by atoms with Gasteiger partial charge >= 0.3 is 0 Å². The van der Waals surface area contributed by atoms with Crippen molar-refractivity contribution in [2.24, 2.45) is 5.41 Å². The zero-order chi connectivity index (χ0) is 15.8. The highest BCUT2D eigenvalue weighted by atomic mass is 79.9. The van der Waals surface area contributed by atoms with Crippen molar-refractivity contribution in [1.29, 1.82) is 0 Å². The lowest BCUT2D eigenvalue weighted by atomic mass is 9.65. The Hall–Kier alpha value is -0.630. The van der Waals surface area contributed by atoms with Crippen LogP contribution in [0.3, 0.4) is 0 Å². The van der Waals surface area contributed by atoms with Gasteiger partial charge in [0.15, 0.2) is 0 Å². The van der Waals surface area contributed by atoms with Gasteiger partial charge in [-0.05, 0) is 47.5 Å². The number of sulfonamides is 1. The monoisotopic (exact) mass is 376 g/mol. The van der Waals surface area contributed by atoms with Crippen LogP contribution in [0.1, 0.15) is 27.2 Å². The molecule has 1 aromatic rings. The molecular formula is C14H21BrN2O3S. The lowest BCUT2D eigenvalue weighted by Gasteiger charge is -2.51. The Morgan fingerprint density at radius 2 is 2.14 bits per heavy atom. The predicted molar refractivity (Wildman–Crippen MR) is 86.5 cm³/mol. The minimum absolute atomic E-state index is 0.0829. The first-order valence-electron chi connectivity index (χ1n) is 6.87. The van der Waals surface area contributed by atoms with Crippen molar-refractivity contribution in [3.63, 3.8) is 0 Å². The molecule has 5 nitrogen and oxygen atoms in total. The number of rotatable bonds is 5. The largest absolute Gasteiger partial charge is 0.399 e. The Bertz CT molecular complexity index is 631. The van der Waals surface area contributed by atoms with E-state index in [2.05, 4.69) is 20.7 Å². The molecule has 1 fully saturated rings. The average molecular weight is 377 g/mol. The fraction of sp³-hybridized carbons (Fsp3) is 0.571. The first-order chi connectivity index (χ1) is 9.68. The zero-order valence-corrected chi connectivity index (χ0v) is 14.8. The second-order valence-electron chi connectivity index (χ2n) is 5.86. The van der Waals surface area contributed by atoms with Crippen molar-refractivity contribution in [3.8, 4) is 0 Å². The second-order valence-corrected chi connectivity index (χ2v) is 8.40. The van der Waals surface area contributed by atoms with Crippen molar-refractivity contribution in [3.05, 3.63) is 22.7 Å². The summed E-state index contributed by atoms with van der Waals surface area (Å²) in [6.45, 7) is 6.60. The molecule has 1 aliphatic carbocycles. The lowest BCUT2D eigenvalue weighted by Crippen LogP contribution is -2.61. The quantitative estimate of drug-likeness (QED) is 0.773. The number of hydrogen-bond donors (Lipinski definition) is 2. The summed E-state index contributed by atoms with van der Waals surface area (Å²) in [5, 5.41) is 0. The molecule has 0 aromatic heterocycles. The van der Waals surface area contributed by atoms with Gasteiger partial charge in [0.05, 0.1) is 11.0 Å². The molecule has 2 unspecified atom stereocenters. The van der Waals surface area contributed by atoms with Gasteiger partial charge < -0.3 is 10.5 Å². The van der Waals surface area contributed by atoms with Crippen LogP contribution in [0.25, 0.3) is 0 Å². The Balaban J connectivity index is 2.18. The lowest BCUT2D eigenvalue weighted by molar-refractivity contribution is -0.108. The van der Waals surface area contributed by atoms with Gasteiger partial charge in [-0.1, -0.05) is 13.8 Å². The zero-order valence-electron chi connectivity index (χ0n) is 12.4. The van der Waals surface area contributed by atoms with E-state index in [0.717, 1.165) is 0 Å². The SMILES string of the molecule is CCOC1CC(NS(=O)(=O)c2cc(N)ccc2Br)C1(C)C. The Morgan fingerprint density at radius 3 is 2.71 bits per heavy atom. The molecule has 118 valence electrons. The van der Waals surface area contributed by atoms with Gasteiger partial charge in [0.2, 0.25) is 10.0 Å². The van der Waals surface area contributed by atoms with E-state index in [4.69, 9.17) is 10.5 Å². The smallest absolute Gasteiger partial charge is 0.242 e. The highest BCUT2D eigenvalue weighted by Gasteiger charge is 2.50. The van der Waals surface area contributed by atoms with E-state index in [1.165, 1.54) is 6.07 Å². The number of anilines is 1. The van der Waals surface area contributed by atoms with Crippen LogP contribution >= 0.6 is 15.9 Å². The molecule has 0 bridgehead atoms. The summed E-state index contributed by atoms with van der Waals surface area (Å²) in [4.78, 5) is 0.165. The summed E-state index contributed by atoms with van der Waals surface area (Å²) in [7, 11) is -3.62. The maximum atomic E-state index is 12.5. The highest BCUT2D eigenvalue weighted by molar-refractivity contribution is 9.10. The van der Waals surface area contributed by atoms with E-state index in [0.29, 0.717) is 23.2 Å². The Labute approximate surface area is 134 Å². The molecule has 0 spiro atoms. The maximum Gasteiger partial charge on any atom is 0.242 e. The minimum atomic E-state index is -3.62. The molecule has 0 amide bonds. The first-order valence-corrected chi connectivity index (χ1v) is 9.15. The van der Waals surface area contributed by atoms with Crippen molar-refractivity contribution in [2.45, 2.75) is 44.2 Å². The van der Waals surface area contributed by atoms with Crippen LogP contribution < -0.4 is 10.5 Å². The molecule has 0 radical (unpaired) electrons. The number of hydrogen-bond acceptors (Lipinski definition) is 4. The van der Waals surface area contributed by atoms with E-state index < -0.39 is 10.0 Å². The molecule has 3 N–H and O–H groups in total. The van der Waals surface area contributed by atoms with Crippen LogP contribution in [-0.2, 0) is 14.8 Å². The van der Waals surface area contributed by atoms with Crippen LogP contribution in [0.15, 0.2) is 27.6 Å². The number of nitrogens with two attached hydrogens (primary N) is 1. The molecule has 1 saturated carbocycles. The molecule has 1 aliphatic rings. The van der Waals surface area contributed by atoms with Crippen molar-refractivity contribution in [2.75, 3.05) is 12.3 Å². The molecule has 7 heteroatoms. The van der Waals surface area contributed by atoms with Gasteiger partial charge in [0.25, 0.3) is 0 Å². The summed E-state index contributed by atoms with van der Waals surface area (Å²) in [5.41, 5.74) is 5.87. The standard InChI is InChI=1S/C14H21BrN2O3S/c1-4-20-13-8-12(14(13,2)3)17-21(18,19)11-7-9(16)5-6-10(11)15/h5-7,12-13,17H,4,8,16H2,1-3H3. The molecular weight excluding hydrogens is 356 g/mol. The minimum Gasteiger partial charge on any atom is -0.399 e. The third kappa shape index (κ3) is 3.26. The number of nitrogens with one attached hydrogen (secondary N) is 1. The van der Waals surface area contributed by atoms with E-state index in [1.807, 2.05) is 20.8 Å². The molecule has 0 aliphatic heterocycles. The van der Waals surface area contributed by atoms with Crippen LogP contribution in [0, 0.1) is 5.41 Å². The fourth-order valence-corrected chi connectivity index (χ4v) is 4.95. The van der Waals surface area contributed by atoms with Crippen molar-refractivity contribution in [1.82, 2.24) is 4.72 Å². The van der Waals surface area contributed by atoms with Crippen LogP contribution in [0.4, 0.5) is 5.69 Å². The van der Waals surface area contributed by atoms with Crippen molar-refractivity contribution < 1.29 is 13.2 Å². The van der Waals surface area contributed by atoms with Gasteiger partial charge in [-0.25, -0.2) is 13.1 Å². The van der Waals surface area contributed by atoms with E-state index in [1.54, 1.807) is 12.1 Å². The molecule has 21 heavy (non-hydrogen) atoms. The first kappa shape index (κ1) is 16.7. The molecule has 2 rings (SSSR count).